The van der Waals surface area contributed by atoms with Gasteiger partial charge in [-0.2, -0.15) is 0 Å². The molecule has 0 aliphatic carbocycles. The standard InChI is InChI=1S/C19H16N4O6/c1-23-16-13(18(27)22-19(23)28)15(25)14-9(17(26)21-16)4-5-10(20-14)8-3-6-11(24)12(7-8)29-2/h3-7,15,24-25H,1-2H3,(H,21,26)(H,22,27,28). The van der Waals surface area contributed by atoms with Crippen LogP contribution in [0, 0.1) is 0 Å². The minimum absolute atomic E-state index is 0.0325. The number of H-pyrrole nitrogens is 1. The van der Waals surface area contributed by atoms with Crippen molar-refractivity contribution in [3.63, 3.8) is 0 Å². The smallest absolute Gasteiger partial charge is 0.329 e. The van der Waals surface area contributed by atoms with E-state index < -0.39 is 23.3 Å². The number of phenols is 1. The number of aromatic nitrogens is 3. The number of fused-ring (bicyclic) bond motifs is 2. The van der Waals surface area contributed by atoms with Crippen LogP contribution >= 0.6 is 0 Å². The van der Waals surface area contributed by atoms with Crippen molar-refractivity contribution in [2.24, 2.45) is 7.05 Å². The van der Waals surface area contributed by atoms with Crippen LogP contribution in [0.2, 0.25) is 0 Å². The molecule has 1 unspecified atom stereocenters. The molecule has 1 atom stereocenters. The van der Waals surface area contributed by atoms with Gasteiger partial charge in [-0.15, -0.1) is 0 Å². The molecule has 29 heavy (non-hydrogen) atoms. The van der Waals surface area contributed by atoms with Crippen LogP contribution in [0.1, 0.15) is 27.7 Å². The summed E-state index contributed by atoms with van der Waals surface area (Å²) in [6, 6.07) is 7.61. The summed E-state index contributed by atoms with van der Waals surface area (Å²) in [6.07, 6.45) is -1.55. The molecule has 1 aliphatic heterocycles. The summed E-state index contributed by atoms with van der Waals surface area (Å²) in [6.45, 7) is 0. The van der Waals surface area contributed by atoms with E-state index in [-0.39, 0.29) is 34.1 Å². The van der Waals surface area contributed by atoms with Crippen molar-refractivity contribution < 1.29 is 19.7 Å². The largest absolute Gasteiger partial charge is 0.504 e. The van der Waals surface area contributed by atoms with Gasteiger partial charge in [0.15, 0.2) is 11.5 Å². The lowest BCUT2D eigenvalue weighted by molar-refractivity contribution is 0.102. The first-order valence-electron chi connectivity index (χ1n) is 8.52. The van der Waals surface area contributed by atoms with Gasteiger partial charge in [-0.05, 0) is 30.3 Å². The molecule has 4 N–H and O–H groups in total. The third-order valence-electron chi connectivity index (χ3n) is 4.77. The molecule has 10 heteroatoms. The fraction of sp³-hybridized carbons (Fsp3) is 0.158. The van der Waals surface area contributed by atoms with Crippen LogP contribution in [-0.4, -0.2) is 37.8 Å². The van der Waals surface area contributed by atoms with E-state index in [1.54, 1.807) is 18.2 Å². The van der Waals surface area contributed by atoms with Crippen molar-refractivity contribution in [2.75, 3.05) is 12.4 Å². The summed E-state index contributed by atoms with van der Waals surface area (Å²) in [4.78, 5) is 43.3. The molecule has 4 rings (SSSR count). The Morgan fingerprint density at radius 2 is 1.93 bits per heavy atom. The Bertz CT molecular complexity index is 1280. The van der Waals surface area contributed by atoms with Gasteiger partial charge in [-0.25, -0.2) is 9.78 Å². The summed E-state index contributed by atoms with van der Waals surface area (Å²) in [7, 11) is 2.77. The summed E-state index contributed by atoms with van der Waals surface area (Å²) in [5, 5.41) is 23.1. The Kier molecular flexibility index (Phi) is 4.20. The number of hydrogen-bond donors (Lipinski definition) is 4. The maximum atomic E-state index is 12.6. The summed E-state index contributed by atoms with van der Waals surface area (Å²) in [5.41, 5.74) is -0.746. The molecular weight excluding hydrogens is 380 g/mol. The zero-order chi connectivity index (χ0) is 20.9. The Labute approximate surface area is 163 Å². The second-order valence-electron chi connectivity index (χ2n) is 6.45. The van der Waals surface area contributed by atoms with E-state index in [0.717, 1.165) is 4.57 Å². The minimum Gasteiger partial charge on any atom is -0.504 e. The number of aromatic hydroxyl groups is 1. The van der Waals surface area contributed by atoms with E-state index in [2.05, 4.69) is 15.3 Å². The van der Waals surface area contributed by atoms with E-state index in [0.29, 0.717) is 11.3 Å². The van der Waals surface area contributed by atoms with Gasteiger partial charge < -0.3 is 20.3 Å². The monoisotopic (exact) mass is 396 g/mol. The molecule has 2 aromatic heterocycles. The van der Waals surface area contributed by atoms with Crippen LogP contribution in [0.25, 0.3) is 11.3 Å². The van der Waals surface area contributed by atoms with Crippen molar-refractivity contribution in [1.29, 1.82) is 0 Å². The van der Waals surface area contributed by atoms with Crippen molar-refractivity contribution >= 4 is 11.7 Å². The summed E-state index contributed by atoms with van der Waals surface area (Å²) < 4.78 is 6.13. The van der Waals surface area contributed by atoms with Crippen molar-refractivity contribution in [1.82, 2.24) is 14.5 Å². The van der Waals surface area contributed by atoms with Crippen LogP contribution in [0.3, 0.4) is 0 Å². The van der Waals surface area contributed by atoms with Crippen molar-refractivity contribution in [3.8, 4) is 22.8 Å². The first-order valence-corrected chi connectivity index (χ1v) is 8.52. The third-order valence-corrected chi connectivity index (χ3v) is 4.77. The number of carbonyl (C=O) groups excluding carboxylic acids is 1. The van der Waals surface area contributed by atoms with Gasteiger partial charge in [0, 0.05) is 12.6 Å². The third kappa shape index (κ3) is 2.86. The molecule has 0 bridgehead atoms. The lowest BCUT2D eigenvalue weighted by Gasteiger charge is -2.14. The normalized spacial score (nSPS) is 15.1. The highest BCUT2D eigenvalue weighted by molar-refractivity contribution is 6.06. The molecule has 3 aromatic rings. The van der Waals surface area contributed by atoms with Crippen LogP contribution in [0.4, 0.5) is 5.82 Å². The highest BCUT2D eigenvalue weighted by Crippen LogP contribution is 2.34. The van der Waals surface area contributed by atoms with E-state index in [1.807, 2.05) is 0 Å². The maximum absolute atomic E-state index is 12.6. The first kappa shape index (κ1) is 18.4. The predicted octanol–water partition coefficient (Wildman–Crippen LogP) is 0.497. The number of hydrogen-bond acceptors (Lipinski definition) is 7. The van der Waals surface area contributed by atoms with Crippen molar-refractivity contribution in [2.45, 2.75) is 6.10 Å². The molecule has 0 spiro atoms. The van der Waals surface area contributed by atoms with Gasteiger partial charge in [0.1, 0.15) is 11.9 Å². The number of methoxy groups -OCH3 is 1. The number of aliphatic hydroxyl groups is 1. The maximum Gasteiger partial charge on any atom is 0.329 e. The number of amides is 1. The quantitative estimate of drug-likeness (QED) is 0.493. The Morgan fingerprint density at radius 1 is 1.17 bits per heavy atom. The molecule has 10 nitrogen and oxygen atoms in total. The number of benzene rings is 1. The van der Waals surface area contributed by atoms with E-state index in [9.17, 15) is 24.6 Å². The Morgan fingerprint density at radius 3 is 2.66 bits per heavy atom. The van der Waals surface area contributed by atoms with E-state index in [4.69, 9.17) is 4.74 Å². The molecule has 1 amide bonds. The first-order chi connectivity index (χ1) is 13.8. The minimum atomic E-state index is -1.55. The van der Waals surface area contributed by atoms with Crippen molar-refractivity contribution in [3.05, 3.63) is 68.0 Å². The topological polar surface area (TPSA) is 147 Å². The molecule has 0 radical (unpaired) electrons. The van der Waals surface area contributed by atoms with Gasteiger partial charge >= 0.3 is 5.69 Å². The Hall–Kier alpha value is -3.92. The number of pyridine rings is 1. The van der Waals surface area contributed by atoms with Gasteiger partial charge in [0.25, 0.3) is 11.5 Å². The molecule has 3 heterocycles. The lowest BCUT2D eigenvalue weighted by atomic mass is 10.0. The number of ether oxygens (including phenoxy) is 1. The number of nitrogens with zero attached hydrogens (tertiary/aromatic N) is 2. The average Bonchev–Trinajstić information content (AvgIpc) is 2.81. The molecule has 0 saturated heterocycles. The Balaban J connectivity index is 1.93. The summed E-state index contributed by atoms with van der Waals surface area (Å²) >= 11 is 0. The molecule has 1 aliphatic rings. The lowest BCUT2D eigenvalue weighted by Crippen LogP contribution is -2.34. The number of rotatable bonds is 2. The number of phenolic OH excluding ortho intramolecular Hbond substituents is 1. The zero-order valence-electron chi connectivity index (χ0n) is 15.4. The summed E-state index contributed by atoms with van der Waals surface area (Å²) in [5.74, 6) is -0.524. The second kappa shape index (κ2) is 6.60. The zero-order valence-corrected chi connectivity index (χ0v) is 15.4. The van der Waals surface area contributed by atoms with E-state index in [1.165, 1.54) is 26.3 Å². The van der Waals surface area contributed by atoms with Crippen LogP contribution < -0.4 is 21.3 Å². The SMILES string of the molecule is COc1cc(-c2ccc3c(n2)C(O)c2c(n(C)c(=O)[nH]c2=O)NC3=O)ccc1O. The van der Waals surface area contributed by atoms with E-state index >= 15 is 0 Å². The van der Waals surface area contributed by atoms with Crippen LogP contribution in [0.15, 0.2) is 39.9 Å². The highest BCUT2D eigenvalue weighted by atomic mass is 16.5. The van der Waals surface area contributed by atoms with Gasteiger partial charge in [-0.1, -0.05) is 0 Å². The predicted molar refractivity (Wildman–Crippen MR) is 102 cm³/mol. The molecule has 0 fully saturated rings. The number of carbonyl (C=O) groups is 1. The van der Waals surface area contributed by atoms with Crippen LogP contribution in [-0.2, 0) is 7.05 Å². The molecule has 148 valence electrons. The highest BCUT2D eigenvalue weighted by Gasteiger charge is 2.32. The fourth-order valence-electron chi connectivity index (χ4n) is 3.23. The number of anilines is 1. The number of aromatic amines is 1. The van der Waals surface area contributed by atoms with Gasteiger partial charge in [0.2, 0.25) is 0 Å². The number of nitrogens with one attached hydrogen (secondary N) is 2. The van der Waals surface area contributed by atoms with Gasteiger partial charge in [-0.3, -0.25) is 19.1 Å². The average molecular weight is 396 g/mol. The molecule has 0 saturated carbocycles. The number of aliphatic hydroxyl groups excluding tert-OH is 1. The fourth-order valence-corrected chi connectivity index (χ4v) is 3.23. The van der Waals surface area contributed by atoms with Crippen LogP contribution in [0.5, 0.6) is 11.5 Å². The molecule has 1 aromatic carbocycles. The van der Waals surface area contributed by atoms with Gasteiger partial charge in [0.05, 0.1) is 29.6 Å². The molecular formula is C19H16N4O6. The second-order valence-corrected chi connectivity index (χ2v) is 6.45.